The van der Waals surface area contributed by atoms with Crippen LogP contribution >= 0.6 is 7.82 Å². The predicted octanol–water partition coefficient (Wildman–Crippen LogP) is 3.11. The summed E-state index contributed by atoms with van der Waals surface area (Å²) in [5.41, 5.74) is -1.41. The quantitative estimate of drug-likeness (QED) is 0.765. The first-order valence-electron chi connectivity index (χ1n) is 5.36. The second-order valence-electron chi connectivity index (χ2n) is 5.11. The van der Waals surface area contributed by atoms with Crippen LogP contribution in [0.5, 0.6) is 0 Å². The van der Waals surface area contributed by atoms with Gasteiger partial charge in [-0.1, -0.05) is 20.3 Å². The molecule has 0 radical (unpaired) electrons. The van der Waals surface area contributed by atoms with E-state index in [1.807, 2.05) is 6.92 Å². The molecule has 1 N–H and O–H groups in total. The molecule has 0 amide bonds. The first-order chi connectivity index (χ1) is 6.62. The van der Waals surface area contributed by atoms with Crippen molar-refractivity contribution < 1.29 is 18.5 Å². The van der Waals surface area contributed by atoms with Crippen molar-refractivity contribution in [3.05, 3.63) is 0 Å². The summed E-state index contributed by atoms with van der Waals surface area (Å²) in [4.78, 5) is 9.36. The Morgan fingerprint density at radius 1 is 1.33 bits per heavy atom. The minimum atomic E-state index is -3.85. The van der Waals surface area contributed by atoms with Gasteiger partial charge in [0.2, 0.25) is 0 Å². The molecule has 90 valence electrons. The Bertz CT molecular complexity index is 289. The van der Waals surface area contributed by atoms with E-state index in [1.54, 1.807) is 13.8 Å². The fourth-order valence-corrected chi connectivity index (χ4v) is 3.47. The number of phosphoric acid groups is 1. The van der Waals surface area contributed by atoms with Crippen molar-refractivity contribution in [1.82, 2.24) is 0 Å². The van der Waals surface area contributed by atoms with Crippen molar-refractivity contribution in [3.8, 4) is 0 Å². The lowest BCUT2D eigenvalue weighted by Gasteiger charge is -2.35. The summed E-state index contributed by atoms with van der Waals surface area (Å²) < 4.78 is 21.7. The fourth-order valence-electron chi connectivity index (χ4n) is 1.86. The minimum absolute atomic E-state index is 0.441. The molecule has 3 unspecified atom stereocenters. The van der Waals surface area contributed by atoms with E-state index in [-0.39, 0.29) is 0 Å². The van der Waals surface area contributed by atoms with Crippen LogP contribution in [0.25, 0.3) is 0 Å². The van der Waals surface area contributed by atoms with E-state index in [0.717, 1.165) is 12.8 Å². The largest absolute Gasteiger partial charge is 0.473 e. The van der Waals surface area contributed by atoms with Gasteiger partial charge in [-0.25, -0.2) is 4.57 Å². The average Bonchev–Trinajstić information content (AvgIpc) is 2.14. The van der Waals surface area contributed by atoms with Crippen LogP contribution in [0.3, 0.4) is 0 Å². The molecule has 0 spiro atoms. The fraction of sp³-hybridized carbons (Fsp3) is 1.00. The molecule has 1 saturated heterocycles. The first-order valence-corrected chi connectivity index (χ1v) is 6.86. The molecule has 0 aromatic carbocycles. The highest BCUT2D eigenvalue weighted by Crippen LogP contribution is 2.62. The zero-order valence-electron chi connectivity index (χ0n) is 10.1. The first kappa shape index (κ1) is 13.2. The maximum Gasteiger partial charge on any atom is 0.473 e. The Balaban J connectivity index is 2.88. The molecule has 1 fully saturated rings. The van der Waals surface area contributed by atoms with E-state index in [9.17, 15) is 9.46 Å². The van der Waals surface area contributed by atoms with E-state index >= 15 is 0 Å². The summed E-state index contributed by atoms with van der Waals surface area (Å²) in [6.45, 7) is 9.63. The zero-order chi connectivity index (χ0) is 11.9. The van der Waals surface area contributed by atoms with Crippen molar-refractivity contribution in [2.75, 3.05) is 0 Å². The van der Waals surface area contributed by atoms with E-state index < -0.39 is 19.0 Å². The summed E-state index contributed by atoms with van der Waals surface area (Å²) in [5.74, 6) is 0.441. The zero-order valence-corrected chi connectivity index (χ0v) is 11.0. The molecule has 5 heteroatoms. The van der Waals surface area contributed by atoms with E-state index in [2.05, 4.69) is 13.8 Å². The van der Waals surface area contributed by atoms with Gasteiger partial charge in [0.05, 0.1) is 0 Å². The summed E-state index contributed by atoms with van der Waals surface area (Å²) in [5, 5.41) is 0. The third-order valence-electron chi connectivity index (χ3n) is 3.37. The molecular formula is C10H21O4P. The van der Waals surface area contributed by atoms with E-state index in [4.69, 9.17) is 9.05 Å². The molecule has 1 aliphatic heterocycles. The number of phosphoric ester groups is 1. The number of rotatable bonds is 3. The monoisotopic (exact) mass is 236 g/mol. The molecule has 0 saturated carbocycles. The lowest BCUT2D eigenvalue weighted by atomic mass is 9.80. The minimum Gasteiger partial charge on any atom is -0.302 e. The van der Waals surface area contributed by atoms with Gasteiger partial charge in [-0.15, -0.1) is 0 Å². The Labute approximate surface area is 91.6 Å². The maximum atomic E-state index is 11.4. The topological polar surface area (TPSA) is 55.8 Å². The van der Waals surface area contributed by atoms with E-state index in [0.29, 0.717) is 5.92 Å². The standard InChI is InChI=1S/C10H21O4P/c1-6-8(2)7-10(5)9(3,4)13-15(11,12)14-10/h8H,6-7H2,1-5H3,(H,11,12). The van der Waals surface area contributed by atoms with Crippen molar-refractivity contribution in [2.45, 2.75) is 58.7 Å². The van der Waals surface area contributed by atoms with Crippen molar-refractivity contribution in [3.63, 3.8) is 0 Å². The number of hydrogen-bond donors (Lipinski definition) is 1. The Hall–Kier alpha value is 0.110. The summed E-state index contributed by atoms with van der Waals surface area (Å²) >= 11 is 0. The lowest BCUT2D eigenvalue weighted by Crippen LogP contribution is -2.45. The molecule has 1 aliphatic rings. The van der Waals surface area contributed by atoms with Gasteiger partial charge in [-0.2, -0.15) is 0 Å². The Morgan fingerprint density at radius 3 is 2.20 bits per heavy atom. The lowest BCUT2D eigenvalue weighted by molar-refractivity contribution is -0.0257. The molecule has 1 rings (SSSR count). The molecule has 4 nitrogen and oxygen atoms in total. The van der Waals surface area contributed by atoms with Crippen molar-refractivity contribution >= 4 is 7.82 Å². The van der Waals surface area contributed by atoms with Gasteiger partial charge in [-0.3, -0.25) is 9.05 Å². The Morgan fingerprint density at radius 2 is 1.87 bits per heavy atom. The van der Waals surface area contributed by atoms with Gasteiger partial charge >= 0.3 is 7.82 Å². The third-order valence-corrected chi connectivity index (χ3v) is 4.69. The van der Waals surface area contributed by atoms with Crippen LogP contribution in [0.15, 0.2) is 0 Å². The van der Waals surface area contributed by atoms with Crippen LogP contribution < -0.4 is 0 Å². The van der Waals surface area contributed by atoms with Gasteiger partial charge in [0.25, 0.3) is 0 Å². The normalized spacial score (nSPS) is 41.7. The highest BCUT2D eigenvalue weighted by Gasteiger charge is 2.57. The van der Waals surface area contributed by atoms with Crippen molar-refractivity contribution in [2.24, 2.45) is 5.92 Å². The summed E-state index contributed by atoms with van der Waals surface area (Å²) in [7, 11) is -3.85. The SMILES string of the molecule is CCC(C)CC1(C)OP(=O)(O)OC1(C)C. The van der Waals surface area contributed by atoms with Crippen LogP contribution in [0, 0.1) is 5.92 Å². The van der Waals surface area contributed by atoms with Gasteiger partial charge in [-0.05, 0) is 33.1 Å². The van der Waals surface area contributed by atoms with Crippen LogP contribution in [0.1, 0.15) is 47.5 Å². The molecule has 0 aliphatic carbocycles. The van der Waals surface area contributed by atoms with Crippen LogP contribution in [0.4, 0.5) is 0 Å². The smallest absolute Gasteiger partial charge is 0.302 e. The molecule has 0 aromatic rings. The Kier molecular flexibility index (Phi) is 3.38. The predicted molar refractivity (Wildman–Crippen MR) is 58.6 cm³/mol. The average molecular weight is 236 g/mol. The van der Waals surface area contributed by atoms with Gasteiger partial charge in [0, 0.05) is 0 Å². The molecule has 3 atom stereocenters. The van der Waals surface area contributed by atoms with Crippen LogP contribution in [-0.4, -0.2) is 16.1 Å². The molecule has 1 heterocycles. The van der Waals surface area contributed by atoms with Crippen molar-refractivity contribution in [1.29, 1.82) is 0 Å². The molecule has 15 heavy (non-hydrogen) atoms. The van der Waals surface area contributed by atoms with Gasteiger partial charge in [0.1, 0.15) is 11.2 Å². The van der Waals surface area contributed by atoms with Crippen LogP contribution in [-0.2, 0) is 13.6 Å². The highest BCUT2D eigenvalue weighted by molar-refractivity contribution is 7.47. The van der Waals surface area contributed by atoms with Crippen LogP contribution in [0.2, 0.25) is 0 Å². The molecule has 0 bridgehead atoms. The van der Waals surface area contributed by atoms with Gasteiger partial charge < -0.3 is 4.89 Å². The van der Waals surface area contributed by atoms with E-state index in [1.165, 1.54) is 0 Å². The van der Waals surface area contributed by atoms with Gasteiger partial charge in [0.15, 0.2) is 0 Å². The maximum absolute atomic E-state index is 11.4. The summed E-state index contributed by atoms with van der Waals surface area (Å²) in [6.07, 6.45) is 1.74. The molecule has 0 aromatic heterocycles. The number of hydrogen-bond acceptors (Lipinski definition) is 3. The molecular weight excluding hydrogens is 215 g/mol. The second kappa shape index (κ2) is 3.85. The summed E-state index contributed by atoms with van der Waals surface area (Å²) in [6, 6.07) is 0. The second-order valence-corrected chi connectivity index (χ2v) is 6.41. The third kappa shape index (κ3) is 2.62. The highest BCUT2D eigenvalue weighted by atomic mass is 31.2.